The highest BCUT2D eigenvalue weighted by atomic mass is 16.3. The lowest BCUT2D eigenvalue weighted by molar-refractivity contribution is 0.0904. The van der Waals surface area contributed by atoms with Crippen LogP contribution in [-0.2, 0) is 0 Å². The first kappa shape index (κ1) is 16.7. The topological polar surface area (TPSA) is 79.5 Å². The average molecular weight is 350 g/mol. The SMILES string of the molecule is O=C(CO)c1cccc(-c2cnc3ccc(NC4CCCCC4)nn23)c1. The van der Waals surface area contributed by atoms with Crippen molar-refractivity contribution in [1.82, 2.24) is 14.6 Å². The molecule has 0 spiro atoms. The van der Waals surface area contributed by atoms with Crippen molar-refractivity contribution in [3.8, 4) is 11.3 Å². The summed E-state index contributed by atoms with van der Waals surface area (Å²) in [5.41, 5.74) is 2.91. The van der Waals surface area contributed by atoms with E-state index in [1.807, 2.05) is 24.3 Å². The van der Waals surface area contributed by atoms with Crippen LogP contribution in [0.4, 0.5) is 5.82 Å². The van der Waals surface area contributed by atoms with Gasteiger partial charge < -0.3 is 10.4 Å². The Morgan fingerprint density at radius 1 is 1.19 bits per heavy atom. The van der Waals surface area contributed by atoms with Crippen LogP contribution in [0.5, 0.6) is 0 Å². The van der Waals surface area contributed by atoms with Gasteiger partial charge in [0, 0.05) is 17.2 Å². The summed E-state index contributed by atoms with van der Waals surface area (Å²) in [5.74, 6) is 0.541. The number of benzene rings is 1. The maximum atomic E-state index is 11.8. The zero-order chi connectivity index (χ0) is 17.9. The maximum Gasteiger partial charge on any atom is 0.188 e. The fraction of sp³-hybridized carbons (Fsp3) is 0.350. The number of ketones is 1. The number of imidazole rings is 1. The lowest BCUT2D eigenvalue weighted by atomic mass is 9.95. The molecule has 0 saturated heterocycles. The van der Waals surface area contributed by atoms with Crippen molar-refractivity contribution >= 4 is 17.2 Å². The number of aromatic nitrogens is 3. The third kappa shape index (κ3) is 3.32. The highest BCUT2D eigenvalue weighted by molar-refractivity contribution is 5.97. The van der Waals surface area contributed by atoms with E-state index in [4.69, 9.17) is 10.2 Å². The minimum absolute atomic E-state index is 0.298. The molecule has 6 heteroatoms. The molecule has 2 N–H and O–H groups in total. The molecule has 1 fully saturated rings. The van der Waals surface area contributed by atoms with Gasteiger partial charge in [-0.1, -0.05) is 37.5 Å². The molecule has 26 heavy (non-hydrogen) atoms. The largest absolute Gasteiger partial charge is 0.388 e. The van der Waals surface area contributed by atoms with Crippen molar-refractivity contribution in [3.05, 3.63) is 48.2 Å². The van der Waals surface area contributed by atoms with Crippen molar-refractivity contribution < 1.29 is 9.90 Å². The fourth-order valence-electron chi connectivity index (χ4n) is 3.55. The fourth-order valence-corrected chi connectivity index (χ4v) is 3.55. The molecule has 6 nitrogen and oxygen atoms in total. The lowest BCUT2D eigenvalue weighted by Gasteiger charge is -2.23. The summed E-state index contributed by atoms with van der Waals surface area (Å²) in [6, 6.07) is 11.6. The summed E-state index contributed by atoms with van der Waals surface area (Å²) >= 11 is 0. The molecule has 3 aromatic rings. The van der Waals surface area contributed by atoms with Crippen molar-refractivity contribution in [3.63, 3.8) is 0 Å². The number of aliphatic hydroxyl groups is 1. The zero-order valence-corrected chi connectivity index (χ0v) is 14.6. The first-order valence-electron chi connectivity index (χ1n) is 9.10. The standard InChI is InChI=1S/C20H22N4O2/c25-13-18(26)15-6-4-5-14(11-15)17-12-21-20-10-9-19(23-24(17)20)22-16-7-2-1-3-8-16/h4-6,9-12,16,25H,1-3,7-8,13H2,(H,22,23). The molecule has 4 rings (SSSR count). The zero-order valence-electron chi connectivity index (χ0n) is 14.6. The van der Waals surface area contributed by atoms with Crippen LogP contribution >= 0.6 is 0 Å². The molecular formula is C20H22N4O2. The molecule has 134 valence electrons. The Hall–Kier alpha value is -2.73. The van der Waals surface area contributed by atoms with Crippen LogP contribution in [0.25, 0.3) is 16.9 Å². The molecule has 1 saturated carbocycles. The van der Waals surface area contributed by atoms with Crippen LogP contribution in [0.3, 0.4) is 0 Å². The van der Waals surface area contributed by atoms with Gasteiger partial charge in [0.15, 0.2) is 11.4 Å². The minimum atomic E-state index is -0.496. The molecule has 0 aliphatic heterocycles. The molecule has 1 aromatic carbocycles. The first-order chi connectivity index (χ1) is 12.7. The quantitative estimate of drug-likeness (QED) is 0.690. The van der Waals surface area contributed by atoms with Gasteiger partial charge in [0.25, 0.3) is 0 Å². The molecule has 0 unspecified atom stereocenters. The van der Waals surface area contributed by atoms with Crippen molar-refractivity contribution in [2.75, 3.05) is 11.9 Å². The number of hydrogen-bond acceptors (Lipinski definition) is 5. The molecular weight excluding hydrogens is 328 g/mol. The Kier molecular flexibility index (Phi) is 4.67. The molecule has 0 amide bonds. The van der Waals surface area contributed by atoms with Gasteiger partial charge in [-0.05, 0) is 31.0 Å². The summed E-state index contributed by atoms with van der Waals surface area (Å²) < 4.78 is 1.80. The van der Waals surface area contributed by atoms with Gasteiger partial charge in [-0.2, -0.15) is 0 Å². The summed E-state index contributed by atoms with van der Waals surface area (Å²) in [4.78, 5) is 16.2. The second-order valence-electron chi connectivity index (χ2n) is 6.77. The lowest BCUT2D eigenvalue weighted by Crippen LogP contribution is -2.23. The van der Waals surface area contributed by atoms with E-state index in [0.29, 0.717) is 11.6 Å². The number of aliphatic hydroxyl groups excluding tert-OH is 1. The van der Waals surface area contributed by atoms with Crippen LogP contribution in [-0.4, -0.2) is 38.1 Å². The number of Topliss-reactive ketones (excluding diaryl/α,β-unsaturated/α-hetero) is 1. The summed E-state index contributed by atoms with van der Waals surface area (Å²) in [5, 5.41) is 17.3. The van der Waals surface area contributed by atoms with Gasteiger partial charge in [0.2, 0.25) is 0 Å². The van der Waals surface area contributed by atoms with Crippen molar-refractivity contribution in [2.45, 2.75) is 38.1 Å². The molecule has 1 aliphatic rings. The molecule has 0 bridgehead atoms. The number of nitrogens with zero attached hydrogens (tertiary/aromatic N) is 3. The third-order valence-corrected chi connectivity index (χ3v) is 4.94. The average Bonchev–Trinajstić information content (AvgIpc) is 3.11. The summed E-state index contributed by atoms with van der Waals surface area (Å²) in [6.45, 7) is -0.496. The van der Waals surface area contributed by atoms with E-state index in [-0.39, 0.29) is 5.78 Å². The predicted octanol–water partition coefficient (Wildman–Crippen LogP) is 3.32. The van der Waals surface area contributed by atoms with E-state index in [2.05, 4.69) is 10.3 Å². The minimum Gasteiger partial charge on any atom is -0.388 e. The number of rotatable bonds is 5. The summed E-state index contributed by atoms with van der Waals surface area (Å²) in [7, 11) is 0. The van der Waals surface area contributed by atoms with E-state index >= 15 is 0 Å². The van der Waals surface area contributed by atoms with Crippen molar-refractivity contribution in [1.29, 1.82) is 0 Å². The number of fused-ring (bicyclic) bond motifs is 1. The number of anilines is 1. The van der Waals surface area contributed by atoms with Crippen LogP contribution in [0.1, 0.15) is 42.5 Å². The smallest absolute Gasteiger partial charge is 0.188 e. The van der Waals surface area contributed by atoms with E-state index in [9.17, 15) is 4.79 Å². The van der Waals surface area contributed by atoms with Crippen LogP contribution in [0.2, 0.25) is 0 Å². The molecule has 0 atom stereocenters. The van der Waals surface area contributed by atoms with Crippen molar-refractivity contribution in [2.24, 2.45) is 0 Å². The highest BCUT2D eigenvalue weighted by Gasteiger charge is 2.15. The Bertz CT molecular complexity index is 928. The Morgan fingerprint density at radius 3 is 2.85 bits per heavy atom. The van der Waals surface area contributed by atoms with Gasteiger partial charge >= 0.3 is 0 Å². The second-order valence-corrected chi connectivity index (χ2v) is 6.77. The highest BCUT2D eigenvalue weighted by Crippen LogP contribution is 2.24. The van der Waals surface area contributed by atoms with E-state index in [1.165, 1.54) is 32.1 Å². The van der Waals surface area contributed by atoms with E-state index in [1.54, 1.807) is 22.8 Å². The van der Waals surface area contributed by atoms with Gasteiger partial charge in [-0.15, -0.1) is 5.10 Å². The monoisotopic (exact) mass is 350 g/mol. The van der Waals surface area contributed by atoms with Crippen LogP contribution < -0.4 is 5.32 Å². The van der Waals surface area contributed by atoms with Crippen LogP contribution in [0.15, 0.2) is 42.6 Å². The Labute approximate surface area is 151 Å². The van der Waals surface area contributed by atoms with Crippen LogP contribution in [0, 0.1) is 0 Å². The van der Waals surface area contributed by atoms with Gasteiger partial charge in [-0.3, -0.25) is 4.79 Å². The first-order valence-corrected chi connectivity index (χ1v) is 9.10. The maximum absolute atomic E-state index is 11.8. The Balaban J connectivity index is 1.67. The predicted molar refractivity (Wildman–Crippen MR) is 100 cm³/mol. The normalized spacial score (nSPS) is 15.3. The number of carbonyl (C=O) groups is 1. The molecule has 2 aromatic heterocycles. The third-order valence-electron chi connectivity index (χ3n) is 4.94. The van der Waals surface area contributed by atoms with E-state index in [0.717, 1.165) is 22.7 Å². The van der Waals surface area contributed by atoms with Gasteiger partial charge in [0.05, 0.1) is 11.9 Å². The van der Waals surface area contributed by atoms with E-state index < -0.39 is 6.61 Å². The van der Waals surface area contributed by atoms with Gasteiger partial charge in [0.1, 0.15) is 12.4 Å². The molecule has 1 aliphatic carbocycles. The molecule has 2 heterocycles. The summed E-state index contributed by atoms with van der Waals surface area (Å²) in [6.07, 6.45) is 7.97. The second kappa shape index (κ2) is 7.25. The molecule has 0 radical (unpaired) electrons. The Morgan fingerprint density at radius 2 is 2.04 bits per heavy atom. The number of carbonyl (C=O) groups excluding carboxylic acids is 1. The number of nitrogens with one attached hydrogen (secondary N) is 1. The van der Waals surface area contributed by atoms with Gasteiger partial charge in [-0.25, -0.2) is 9.50 Å². The number of hydrogen-bond donors (Lipinski definition) is 2.